The molecule has 0 aromatic carbocycles. The zero-order valence-electron chi connectivity index (χ0n) is 10.4. The van der Waals surface area contributed by atoms with Crippen molar-refractivity contribution in [1.82, 2.24) is 0 Å². The summed E-state index contributed by atoms with van der Waals surface area (Å²) < 4.78 is 5.84. The summed E-state index contributed by atoms with van der Waals surface area (Å²) in [6.07, 6.45) is 7.11. The lowest BCUT2D eigenvalue weighted by molar-refractivity contribution is 0.0383. The smallest absolute Gasteiger partial charge is 0.0784 e. The number of rotatable bonds is 4. The fourth-order valence-corrected chi connectivity index (χ4v) is 3.46. The third-order valence-corrected chi connectivity index (χ3v) is 3.83. The molecular formula is C13H24OSi. The van der Waals surface area contributed by atoms with Gasteiger partial charge in [-0.15, -0.1) is 6.58 Å². The second kappa shape index (κ2) is 5.66. The van der Waals surface area contributed by atoms with E-state index >= 15 is 0 Å². The molecule has 1 aliphatic rings. The van der Waals surface area contributed by atoms with Gasteiger partial charge >= 0.3 is 0 Å². The third-order valence-electron chi connectivity index (χ3n) is 2.59. The summed E-state index contributed by atoms with van der Waals surface area (Å²) in [6.45, 7) is 11.9. The van der Waals surface area contributed by atoms with Crippen molar-refractivity contribution in [1.29, 1.82) is 0 Å². The fourth-order valence-electron chi connectivity index (χ4n) is 2.04. The Labute approximate surface area is 95.2 Å². The van der Waals surface area contributed by atoms with Crippen LogP contribution in [-0.4, -0.2) is 20.8 Å². The molecule has 86 valence electrons. The number of ether oxygens (including phenoxy) is 1. The Hall–Kier alpha value is -0.343. The summed E-state index contributed by atoms with van der Waals surface area (Å²) in [4.78, 5) is 0. The summed E-state index contributed by atoms with van der Waals surface area (Å²) in [5.74, 6) is 0. The highest BCUT2D eigenvalue weighted by Gasteiger charge is 2.20. The van der Waals surface area contributed by atoms with Gasteiger partial charge in [-0.3, -0.25) is 0 Å². The van der Waals surface area contributed by atoms with Crippen molar-refractivity contribution in [3.63, 3.8) is 0 Å². The molecule has 2 heteroatoms. The number of allylic oxidation sites excluding steroid dienone is 1. The van der Waals surface area contributed by atoms with E-state index in [4.69, 9.17) is 4.74 Å². The summed E-state index contributed by atoms with van der Waals surface area (Å²) in [6, 6.07) is 0. The predicted octanol–water partition coefficient (Wildman–Crippen LogP) is 3.94. The summed E-state index contributed by atoms with van der Waals surface area (Å²) in [5.41, 5.74) is 3.97. The minimum Gasteiger partial charge on any atom is -0.374 e. The van der Waals surface area contributed by atoms with Crippen LogP contribution in [0.5, 0.6) is 0 Å². The highest BCUT2D eigenvalue weighted by molar-refractivity contribution is 6.81. The first-order valence-corrected chi connectivity index (χ1v) is 9.55. The molecule has 1 heterocycles. The molecule has 1 rings (SSSR count). The average Bonchev–Trinajstić information content (AvgIpc) is 2.17. The van der Waals surface area contributed by atoms with E-state index in [0.29, 0.717) is 6.10 Å². The lowest BCUT2D eigenvalue weighted by Crippen LogP contribution is -2.25. The van der Waals surface area contributed by atoms with Gasteiger partial charge < -0.3 is 4.74 Å². The molecule has 1 aliphatic heterocycles. The first kappa shape index (κ1) is 12.7. The minimum atomic E-state index is -1.13. The second-order valence-corrected chi connectivity index (χ2v) is 10.5. The monoisotopic (exact) mass is 224 g/mol. The van der Waals surface area contributed by atoms with E-state index in [0.717, 1.165) is 13.0 Å². The molecule has 1 fully saturated rings. The Morgan fingerprint density at radius 3 is 2.60 bits per heavy atom. The molecule has 0 aliphatic carbocycles. The van der Waals surface area contributed by atoms with Crippen molar-refractivity contribution < 1.29 is 4.74 Å². The first-order valence-electron chi connectivity index (χ1n) is 5.97. The van der Waals surface area contributed by atoms with Gasteiger partial charge in [0.25, 0.3) is 0 Å². The molecule has 0 saturated carbocycles. The number of hydrogen-bond donors (Lipinski definition) is 0. The third kappa shape index (κ3) is 4.80. The van der Waals surface area contributed by atoms with Gasteiger partial charge in [-0.2, -0.15) is 0 Å². The Kier molecular flexibility index (Phi) is 4.80. The molecule has 1 saturated heterocycles. The molecule has 0 radical (unpaired) electrons. The molecule has 0 unspecified atom stereocenters. The van der Waals surface area contributed by atoms with Crippen LogP contribution in [0.15, 0.2) is 23.9 Å². The molecule has 1 nitrogen and oxygen atoms in total. The maximum atomic E-state index is 5.84. The van der Waals surface area contributed by atoms with Crippen LogP contribution >= 0.6 is 0 Å². The summed E-state index contributed by atoms with van der Waals surface area (Å²) >= 11 is 0. The Bertz CT molecular complexity index is 231. The van der Waals surface area contributed by atoms with Crippen LogP contribution in [0.2, 0.25) is 19.6 Å². The van der Waals surface area contributed by atoms with Gasteiger partial charge in [-0.1, -0.05) is 31.4 Å². The summed E-state index contributed by atoms with van der Waals surface area (Å²) in [7, 11) is -1.13. The highest BCUT2D eigenvalue weighted by atomic mass is 28.3. The van der Waals surface area contributed by atoms with Crippen molar-refractivity contribution in [3.8, 4) is 0 Å². The van der Waals surface area contributed by atoms with Gasteiger partial charge in [0.15, 0.2) is 0 Å². The Balaban J connectivity index is 2.71. The molecule has 1 atom stereocenters. The van der Waals surface area contributed by atoms with Crippen molar-refractivity contribution in [2.75, 3.05) is 6.61 Å². The lowest BCUT2D eigenvalue weighted by Gasteiger charge is -2.26. The van der Waals surface area contributed by atoms with Gasteiger partial charge in [0.05, 0.1) is 14.2 Å². The van der Waals surface area contributed by atoms with Gasteiger partial charge in [0.2, 0.25) is 0 Å². The molecule has 0 amide bonds. The normalized spacial score (nSPS) is 23.9. The maximum absolute atomic E-state index is 5.84. The van der Waals surface area contributed by atoms with Crippen LogP contribution in [0.3, 0.4) is 0 Å². The standard InChI is InChI=1S/C13H24OSi/c1-5-8-12(11-15(2,3)4)13-9-6-7-10-14-13/h5,11,13H,1,6-10H2,2-4H3/b12-11+/t13-/m1/s1. The van der Waals surface area contributed by atoms with Gasteiger partial charge in [0, 0.05) is 6.61 Å². The van der Waals surface area contributed by atoms with E-state index in [1.165, 1.54) is 24.8 Å². The van der Waals surface area contributed by atoms with Crippen LogP contribution in [0.4, 0.5) is 0 Å². The summed E-state index contributed by atoms with van der Waals surface area (Å²) in [5, 5.41) is 0. The van der Waals surface area contributed by atoms with Gasteiger partial charge in [-0.05, 0) is 31.3 Å². The predicted molar refractivity (Wildman–Crippen MR) is 69.8 cm³/mol. The van der Waals surface area contributed by atoms with E-state index in [1.807, 2.05) is 6.08 Å². The second-order valence-electron chi connectivity index (χ2n) is 5.43. The zero-order chi connectivity index (χ0) is 11.3. The molecule has 15 heavy (non-hydrogen) atoms. The molecule has 0 bridgehead atoms. The van der Waals surface area contributed by atoms with Crippen molar-refractivity contribution in [3.05, 3.63) is 23.9 Å². The van der Waals surface area contributed by atoms with E-state index in [1.54, 1.807) is 0 Å². The maximum Gasteiger partial charge on any atom is 0.0784 e. The largest absolute Gasteiger partial charge is 0.374 e. The van der Waals surface area contributed by atoms with Crippen molar-refractivity contribution in [2.24, 2.45) is 0 Å². The SMILES string of the molecule is C=CC/C(=C\[Si](C)(C)C)[C@H]1CCCCO1. The first-order chi connectivity index (χ1) is 7.03. The molecule has 0 aromatic heterocycles. The fraction of sp³-hybridized carbons (Fsp3) is 0.692. The topological polar surface area (TPSA) is 9.23 Å². The van der Waals surface area contributed by atoms with Crippen LogP contribution in [0, 0.1) is 0 Å². The van der Waals surface area contributed by atoms with Crippen molar-refractivity contribution >= 4 is 8.07 Å². The zero-order valence-corrected chi connectivity index (χ0v) is 11.4. The molecule has 0 aromatic rings. The van der Waals surface area contributed by atoms with Gasteiger partial charge in [0.1, 0.15) is 0 Å². The Morgan fingerprint density at radius 1 is 1.40 bits per heavy atom. The van der Waals surface area contributed by atoms with Crippen LogP contribution in [0.1, 0.15) is 25.7 Å². The average molecular weight is 224 g/mol. The van der Waals surface area contributed by atoms with E-state index in [9.17, 15) is 0 Å². The Morgan fingerprint density at radius 2 is 2.13 bits per heavy atom. The van der Waals surface area contributed by atoms with E-state index in [2.05, 4.69) is 31.9 Å². The number of hydrogen-bond acceptors (Lipinski definition) is 1. The minimum absolute atomic E-state index is 0.378. The van der Waals surface area contributed by atoms with E-state index in [-0.39, 0.29) is 0 Å². The molecular weight excluding hydrogens is 200 g/mol. The van der Waals surface area contributed by atoms with E-state index < -0.39 is 8.07 Å². The van der Waals surface area contributed by atoms with Crippen LogP contribution in [0.25, 0.3) is 0 Å². The van der Waals surface area contributed by atoms with Crippen molar-refractivity contribution in [2.45, 2.75) is 51.4 Å². The lowest BCUT2D eigenvalue weighted by atomic mass is 10.0. The van der Waals surface area contributed by atoms with Crippen LogP contribution < -0.4 is 0 Å². The van der Waals surface area contributed by atoms with Gasteiger partial charge in [-0.25, -0.2) is 0 Å². The highest BCUT2D eigenvalue weighted by Crippen LogP contribution is 2.24. The van der Waals surface area contributed by atoms with Crippen LogP contribution in [-0.2, 0) is 4.74 Å². The quantitative estimate of drug-likeness (QED) is 0.519. The molecule has 0 spiro atoms. The molecule has 0 N–H and O–H groups in total.